The van der Waals surface area contributed by atoms with E-state index in [2.05, 4.69) is 43.2 Å². The quantitative estimate of drug-likeness (QED) is 0.706. The van der Waals surface area contributed by atoms with Gasteiger partial charge >= 0.3 is 0 Å². The molecule has 1 fully saturated rings. The maximum atomic E-state index is 4.55. The van der Waals surface area contributed by atoms with E-state index in [0.717, 1.165) is 55.7 Å². The predicted molar refractivity (Wildman–Crippen MR) is 99.3 cm³/mol. The van der Waals surface area contributed by atoms with Crippen LogP contribution in [-0.2, 0) is 13.6 Å². The van der Waals surface area contributed by atoms with E-state index in [1.54, 1.807) is 4.68 Å². The molecule has 1 saturated heterocycles. The minimum Gasteiger partial charge on any atom is -0.353 e. The average molecular weight is 352 g/mol. The summed E-state index contributed by atoms with van der Waals surface area (Å²) >= 11 is 0. The minimum absolute atomic E-state index is 0.742. The number of piperazine rings is 1. The van der Waals surface area contributed by atoms with E-state index < -0.39 is 0 Å². The normalized spacial score (nSPS) is 15.6. The van der Waals surface area contributed by atoms with Crippen LogP contribution in [0.3, 0.4) is 0 Å². The summed E-state index contributed by atoms with van der Waals surface area (Å²) in [6.45, 7) is 8.83. The smallest absolute Gasteiger partial charge is 0.175 e. The molecule has 0 amide bonds. The largest absolute Gasteiger partial charge is 0.353 e. The molecule has 1 aliphatic rings. The molecule has 3 aromatic heterocycles. The zero-order valence-electron chi connectivity index (χ0n) is 15.5. The monoisotopic (exact) mass is 352 g/mol. The molecule has 4 heterocycles. The van der Waals surface area contributed by atoms with Gasteiger partial charge in [-0.05, 0) is 38.1 Å². The Hall–Kier alpha value is -2.74. The van der Waals surface area contributed by atoms with Gasteiger partial charge in [0.2, 0.25) is 0 Å². The number of rotatable bonds is 4. The Bertz CT molecular complexity index is 851. The van der Waals surface area contributed by atoms with Gasteiger partial charge in [0.1, 0.15) is 0 Å². The van der Waals surface area contributed by atoms with E-state index in [9.17, 15) is 0 Å². The summed E-state index contributed by atoms with van der Waals surface area (Å²) in [6, 6.07) is 8.11. The van der Waals surface area contributed by atoms with Gasteiger partial charge in [-0.25, -0.2) is 4.68 Å². The summed E-state index contributed by atoms with van der Waals surface area (Å²) in [6.07, 6.45) is 1.90. The van der Waals surface area contributed by atoms with Crippen molar-refractivity contribution in [2.24, 2.45) is 7.05 Å². The van der Waals surface area contributed by atoms with Crippen LogP contribution in [0.1, 0.15) is 17.1 Å². The summed E-state index contributed by atoms with van der Waals surface area (Å²) in [4.78, 5) is 4.72. The highest BCUT2D eigenvalue weighted by Gasteiger charge is 2.19. The van der Waals surface area contributed by atoms with Gasteiger partial charge in [0.15, 0.2) is 11.6 Å². The second kappa shape index (κ2) is 6.87. The molecular weight excluding hydrogens is 328 g/mol. The Kier molecular flexibility index (Phi) is 4.42. The molecule has 0 N–H and O–H groups in total. The van der Waals surface area contributed by atoms with Crippen molar-refractivity contribution in [2.45, 2.75) is 20.4 Å². The van der Waals surface area contributed by atoms with Crippen LogP contribution in [-0.4, -0.2) is 60.8 Å². The first-order chi connectivity index (χ1) is 12.6. The summed E-state index contributed by atoms with van der Waals surface area (Å²) < 4.78 is 3.68. The molecule has 0 aromatic carbocycles. The third-order valence-corrected chi connectivity index (χ3v) is 4.84. The topological polar surface area (TPSA) is 67.9 Å². The maximum Gasteiger partial charge on any atom is 0.175 e. The molecule has 8 heteroatoms. The lowest BCUT2D eigenvalue weighted by Crippen LogP contribution is -2.46. The standard InChI is InChI=1S/C18H24N8/c1-14-6-7-26(21-14)18-5-4-17(19-20-18)25-10-8-24(9-11-25)13-16-12-15(2)23(3)22-16/h4-7,12H,8-11,13H2,1-3H3. The fourth-order valence-corrected chi connectivity index (χ4v) is 3.23. The summed E-state index contributed by atoms with van der Waals surface area (Å²) in [5.41, 5.74) is 3.30. The number of nitrogens with zero attached hydrogens (tertiary/aromatic N) is 8. The van der Waals surface area contributed by atoms with Crippen LogP contribution in [0.5, 0.6) is 0 Å². The van der Waals surface area contributed by atoms with Crippen LogP contribution >= 0.6 is 0 Å². The summed E-state index contributed by atoms with van der Waals surface area (Å²) in [5.74, 6) is 1.66. The van der Waals surface area contributed by atoms with E-state index in [4.69, 9.17) is 0 Å². The van der Waals surface area contributed by atoms with E-state index in [1.165, 1.54) is 5.69 Å². The molecule has 0 aliphatic carbocycles. The maximum absolute atomic E-state index is 4.55. The van der Waals surface area contributed by atoms with Crippen molar-refractivity contribution in [1.29, 1.82) is 0 Å². The Morgan fingerprint density at radius 2 is 1.65 bits per heavy atom. The van der Waals surface area contributed by atoms with Gasteiger partial charge in [0.05, 0.1) is 11.4 Å². The zero-order valence-corrected chi connectivity index (χ0v) is 15.5. The summed E-state index contributed by atoms with van der Waals surface area (Å²) in [7, 11) is 1.99. The SMILES string of the molecule is Cc1ccn(-c2ccc(N3CCN(Cc4cc(C)n(C)n4)CC3)nn2)n1. The van der Waals surface area contributed by atoms with Gasteiger partial charge in [-0.2, -0.15) is 10.2 Å². The molecule has 0 unspecified atom stereocenters. The van der Waals surface area contributed by atoms with Gasteiger partial charge in [-0.3, -0.25) is 9.58 Å². The predicted octanol–water partition coefficient (Wildman–Crippen LogP) is 1.33. The van der Waals surface area contributed by atoms with Crippen molar-refractivity contribution in [1.82, 2.24) is 34.7 Å². The molecule has 0 bridgehead atoms. The van der Waals surface area contributed by atoms with Crippen LogP contribution < -0.4 is 4.90 Å². The third kappa shape index (κ3) is 3.45. The molecule has 3 aromatic rings. The van der Waals surface area contributed by atoms with Gasteiger partial charge < -0.3 is 4.90 Å². The molecule has 136 valence electrons. The first-order valence-corrected chi connectivity index (χ1v) is 8.92. The van der Waals surface area contributed by atoms with Crippen LogP contribution in [0, 0.1) is 13.8 Å². The molecule has 8 nitrogen and oxygen atoms in total. The first kappa shape index (κ1) is 16.7. The van der Waals surface area contributed by atoms with Crippen LogP contribution in [0.15, 0.2) is 30.5 Å². The van der Waals surface area contributed by atoms with Crippen molar-refractivity contribution < 1.29 is 0 Å². The second-order valence-electron chi connectivity index (χ2n) is 6.82. The molecule has 0 spiro atoms. The van der Waals surface area contributed by atoms with Gasteiger partial charge in [-0.15, -0.1) is 10.2 Å². The molecule has 26 heavy (non-hydrogen) atoms. The highest BCUT2D eigenvalue weighted by Crippen LogP contribution is 2.15. The van der Waals surface area contributed by atoms with Crippen LogP contribution in [0.2, 0.25) is 0 Å². The lowest BCUT2D eigenvalue weighted by atomic mass is 10.2. The van der Waals surface area contributed by atoms with Crippen molar-refractivity contribution in [3.05, 3.63) is 47.5 Å². The molecular formula is C18H24N8. The number of hydrogen-bond donors (Lipinski definition) is 0. The number of aromatic nitrogens is 6. The Balaban J connectivity index is 1.35. The lowest BCUT2D eigenvalue weighted by Gasteiger charge is -2.34. The third-order valence-electron chi connectivity index (χ3n) is 4.84. The van der Waals surface area contributed by atoms with Crippen molar-refractivity contribution in [2.75, 3.05) is 31.1 Å². The van der Waals surface area contributed by atoms with Crippen LogP contribution in [0.4, 0.5) is 5.82 Å². The van der Waals surface area contributed by atoms with Gasteiger partial charge in [0, 0.05) is 51.7 Å². The minimum atomic E-state index is 0.742. The van der Waals surface area contributed by atoms with E-state index >= 15 is 0 Å². The second-order valence-corrected chi connectivity index (χ2v) is 6.82. The highest BCUT2D eigenvalue weighted by atomic mass is 15.4. The Morgan fingerprint density at radius 3 is 2.23 bits per heavy atom. The molecule has 0 atom stereocenters. The van der Waals surface area contributed by atoms with Gasteiger partial charge in [0.25, 0.3) is 0 Å². The zero-order chi connectivity index (χ0) is 18.1. The average Bonchev–Trinajstić information content (AvgIpc) is 3.21. The Labute approximate surface area is 153 Å². The van der Waals surface area contributed by atoms with Crippen molar-refractivity contribution in [3.8, 4) is 5.82 Å². The Morgan fingerprint density at radius 1 is 0.923 bits per heavy atom. The number of anilines is 1. The fourth-order valence-electron chi connectivity index (χ4n) is 3.23. The highest BCUT2D eigenvalue weighted by molar-refractivity contribution is 5.40. The molecule has 1 aliphatic heterocycles. The lowest BCUT2D eigenvalue weighted by molar-refractivity contribution is 0.246. The molecule has 0 radical (unpaired) electrons. The number of hydrogen-bond acceptors (Lipinski definition) is 6. The molecule has 4 rings (SSSR count). The fraction of sp³-hybridized carbons (Fsp3) is 0.444. The van der Waals surface area contributed by atoms with E-state index in [1.807, 2.05) is 43.0 Å². The first-order valence-electron chi connectivity index (χ1n) is 8.92. The van der Waals surface area contributed by atoms with E-state index in [0.29, 0.717) is 0 Å². The van der Waals surface area contributed by atoms with Crippen LogP contribution in [0.25, 0.3) is 5.82 Å². The molecule has 0 saturated carbocycles. The summed E-state index contributed by atoms with van der Waals surface area (Å²) in [5, 5.41) is 17.6. The van der Waals surface area contributed by atoms with Gasteiger partial charge in [-0.1, -0.05) is 0 Å². The van der Waals surface area contributed by atoms with Crippen molar-refractivity contribution >= 4 is 5.82 Å². The van der Waals surface area contributed by atoms with E-state index in [-0.39, 0.29) is 0 Å². The number of aryl methyl sites for hydroxylation is 3. The van der Waals surface area contributed by atoms with Crippen molar-refractivity contribution in [3.63, 3.8) is 0 Å².